The summed E-state index contributed by atoms with van der Waals surface area (Å²) in [7, 11) is 0. The van der Waals surface area contributed by atoms with E-state index in [1.807, 2.05) is 48.5 Å². The van der Waals surface area contributed by atoms with E-state index in [9.17, 15) is 14.7 Å². The van der Waals surface area contributed by atoms with Gasteiger partial charge < -0.3 is 25.0 Å². The van der Waals surface area contributed by atoms with Crippen LogP contribution in [-0.4, -0.2) is 70.7 Å². The highest BCUT2D eigenvalue weighted by Crippen LogP contribution is 2.38. The molecule has 0 aromatic heterocycles. The van der Waals surface area contributed by atoms with Crippen molar-refractivity contribution in [2.75, 3.05) is 38.0 Å². The highest BCUT2D eigenvalue weighted by molar-refractivity contribution is 5.90. The standard InChI is InChI=1S/C35H43N3O6/c39-25-27-13-15-28(16-14-27)32-22-31(24-38-19-17-37(18-20-38)23-26-7-2-1-3-8-26)43-35(44-32)29-9-6-10-30(21-29)36-33(40)11-4-5-12-34(41)42/h1-3,6-10,13-16,21,31-32,35,39H,4-5,11-12,17-20,22-25H2,(H,36,40)(H,41,42). The second-order valence-electron chi connectivity index (χ2n) is 11.7. The lowest BCUT2D eigenvalue weighted by molar-refractivity contribution is -0.253. The molecule has 3 atom stereocenters. The maximum absolute atomic E-state index is 12.5. The van der Waals surface area contributed by atoms with Gasteiger partial charge in [-0.3, -0.25) is 19.4 Å². The lowest BCUT2D eigenvalue weighted by atomic mass is 9.99. The lowest BCUT2D eigenvalue weighted by Gasteiger charge is -2.41. The molecule has 2 aliphatic heterocycles. The first-order valence-corrected chi connectivity index (χ1v) is 15.6. The highest BCUT2D eigenvalue weighted by Gasteiger charge is 2.34. The number of anilines is 1. The number of rotatable bonds is 13. The van der Waals surface area contributed by atoms with Crippen molar-refractivity contribution < 1.29 is 29.3 Å². The molecule has 0 saturated carbocycles. The molecule has 0 aliphatic carbocycles. The molecule has 234 valence electrons. The second kappa shape index (κ2) is 15.9. The quantitative estimate of drug-likeness (QED) is 0.232. The first-order valence-electron chi connectivity index (χ1n) is 15.6. The molecule has 1 amide bonds. The number of nitrogens with zero attached hydrogens (tertiary/aromatic N) is 2. The van der Waals surface area contributed by atoms with Crippen LogP contribution in [0.3, 0.4) is 0 Å². The number of hydrogen-bond acceptors (Lipinski definition) is 7. The average Bonchev–Trinajstić information content (AvgIpc) is 3.04. The minimum absolute atomic E-state index is 0.00547. The Kier molecular flexibility index (Phi) is 11.5. The molecule has 2 saturated heterocycles. The molecule has 5 rings (SSSR count). The van der Waals surface area contributed by atoms with Gasteiger partial charge in [0.05, 0.1) is 18.8 Å². The van der Waals surface area contributed by atoms with Crippen molar-refractivity contribution in [1.29, 1.82) is 0 Å². The summed E-state index contributed by atoms with van der Waals surface area (Å²) in [5.41, 5.74) is 4.71. The van der Waals surface area contributed by atoms with E-state index in [1.165, 1.54) is 5.56 Å². The summed E-state index contributed by atoms with van der Waals surface area (Å²) in [5, 5.41) is 21.3. The summed E-state index contributed by atoms with van der Waals surface area (Å²) < 4.78 is 13.1. The molecule has 3 aromatic rings. The Labute approximate surface area is 259 Å². The maximum atomic E-state index is 12.5. The molecule has 3 unspecified atom stereocenters. The fourth-order valence-electron chi connectivity index (χ4n) is 5.84. The van der Waals surface area contributed by atoms with Crippen LogP contribution >= 0.6 is 0 Å². The number of hydrogen-bond donors (Lipinski definition) is 3. The Balaban J connectivity index is 1.23. The van der Waals surface area contributed by atoms with Gasteiger partial charge in [-0.2, -0.15) is 0 Å². The van der Waals surface area contributed by atoms with E-state index in [1.54, 1.807) is 0 Å². The molecule has 2 heterocycles. The third kappa shape index (κ3) is 9.45. The fourth-order valence-corrected chi connectivity index (χ4v) is 5.84. The van der Waals surface area contributed by atoms with Crippen LogP contribution in [0.1, 0.15) is 66.8 Å². The minimum Gasteiger partial charge on any atom is -0.481 e. The van der Waals surface area contributed by atoms with Gasteiger partial charge in [-0.15, -0.1) is 0 Å². The van der Waals surface area contributed by atoms with Gasteiger partial charge in [-0.25, -0.2) is 0 Å². The Bertz CT molecular complexity index is 1340. The van der Waals surface area contributed by atoms with Crippen molar-refractivity contribution >= 4 is 17.6 Å². The van der Waals surface area contributed by atoms with Crippen LogP contribution in [0.15, 0.2) is 78.9 Å². The van der Waals surface area contributed by atoms with Crippen LogP contribution in [0, 0.1) is 0 Å². The van der Waals surface area contributed by atoms with Crippen LogP contribution in [-0.2, 0) is 32.2 Å². The van der Waals surface area contributed by atoms with Crippen molar-refractivity contribution in [2.45, 2.75) is 63.8 Å². The number of amides is 1. The normalized spacial score (nSPS) is 21.2. The monoisotopic (exact) mass is 601 g/mol. The number of aliphatic hydroxyl groups is 1. The summed E-state index contributed by atoms with van der Waals surface area (Å²) in [6.07, 6.45) is 1.19. The number of aliphatic carboxylic acids is 1. The van der Waals surface area contributed by atoms with E-state index in [0.717, 1.165) is 56.0 Å². The molecule has 9 nitrogen and oxygen atoms in total. The van der Waals surface area contributed by atoms with Gasteiger partial charge in [0, 0.05) is 69.8 Å². The van der Waals surface area contributed by atoms with Gasteiger partial charge in [0.15, 0.2) is 6.29 Å². The third-order valence-corrected chi connectivity index (χ3v) is 8.28. The van der Waals surface area contributed by atoms with Gasteiger partial charge in [-0.05, 0) is 41.7 Å². The maximum Gasteiger partial charge on any atom is 0.303 e. The molecule has 3 N–H and O–H groups in total. The van der Waals surface area contributed by atoms with E-state index in [0.29, 0.717) is 24.9 Å². The van der Waals surface area contributed by atoms with E-state index in [4.69, 9.17) is 14.6 Å². The number of carboxylic acids is 1. The molecular weight excluding hydrogens is 558 g/mol. The predicted octanol–water partition coefficient (Wildman–Crippen LogP) is 5.13. The Morgan fingerprint density at radius 3 is 2.25 bits per heavy atom. The largest absolute Gasteiger partial charge is 0.481 e. The van der Waals surface area contributed by atoms with E-state index in [-0.39, 0.29) is 37.6 Å². The number of ether oxygens (including phenoxy) is 2. The van der Waals surface area contributed by atoms with Crippen molar-refractivity contribution in [3.63, 3.8) is 0 Å². The number of benzene rings is 3. The van der Waals surface area contributed by atoms with Crippen molar-refractivity contribution in [1.82, 2.24) is 9.80 Å². The van der Waals surface area contributed by atoms with Crippen LogP contribution < -0.4 is 5.32 Å². The Morgan fingerprint density at radius 1 is 0.795 bits per heavy atom. The number of carbonyl (C=O) groups excluding carboxylic acids is 1. The average molecular weight is 602 g/mol. The van der Waals surface area contributed by atoms with E-state index in [2.05, 4.69) is 45.4 Å². The molecular formula is C35H43N3O6. The van der Waals surface area contributed by atoms with Gasteiger partial charge in [0.25, 0.3) is 0 Å². The highest BCUT2D eigenvalue weighted by atomic mass is 16.7. The summed E-state index contributed by atoms with van der Waals surface area (Å²) >= 11 is 0. The molecule has 3 aromatic carbocycles. The molecule has 0 radical (unpaired) electrons. The van der Waals surface area contributed by atoms with Crippen molar-refractivity contribution in [2.24, 2.45) is 0 Å². The van der Waals surface area contributed by atoms with Gasteiger partial charge >= 0.3 is 5.97 Å². The molecule has 0 bridgehead atoms. The molecule has 0 spiro atoms. The van der Waals surface area contributed by atoms with Gasteiger partial charge in [-0.1, -0.05) is 66.7 Å². The number of unbranched alkanes of at least 4 members (excludes halogenated alkanes) is 1. The van der Waals surface area contributed by atoms with E-state index < -0.39 is 12.3 Å². The van der Waals surface area contributed by atoms with Crippen LogP contribution in [0.25, 0.3) is 0 Å². The van der Waals surface area contributed by atoms with Crippen LogP contribution in [0.5, 0.6) is 0 Å². The summed E-state index contributed by atoms with van der Waals surface area (Å²) in [6.45, 7) is 5.72. The summed E-state index contributed by atoms with van der Waals surface area (Å²) in [4.78, 5) is 28.2. The molecule has 2 fully saturated rings. The molecule has 2 aliphatic rings. The Morgan fingerprint density at radius 2 is 1.52 bits per heavy atom. The molecule has 9 heteroatoms. The van der Waals surface area contributed by atoms with Crippen molar-refractivity contribution in [3.05, 3.63) is 101 Å². The fraction of sp³-hybridized carbons (Fsp3) is 0.429. The first-order chi connectivity index (χ1) is 21.4. The van der Waals surface area contributed by atoms with Crippen LogP contribution in [0.4, 0.5) is 5.69 Å². The third-order valence-electron chi connectivity index (χ3n) is 8.28. The number of nitrogens with one attached hydrogen (secondary N) is 1. The zero-order valence-corrected chi connectivity index (χ0v) is 25.1. The lowest BCUT2D eigenvalue weighted by Crippen LogP contribution is -2.49. The zero-order chi connectivity index (χ0) is 30.7. The van der Waals surface area contributed by atoms with Gasteiger partial charge in [0.2, 0.25) is 5.91 Å². The first kappa shape index (κ1) is 31.8. The van der Waals surface area contributed by atoms with Crippen molar-refractivity contribution in [3.8, 4) is 0 Å². The number of carbonyl (C=O) groups is 2. The molecule has 44 heavy (non-hydrogen) atoms. The smallest absolute Gasteiger partial charge is 0.303 e. The Hall–Kier alpha value is -3.60. The second-order valence-corrected chi connectivity index (χ2v) is 11.7. The predicted molar refractivity (Wildman–Crippen MR) is 168 cm³/mol. The number of aliphatic hydroxyl groups excluding tert-OH is 1. The van der Waals surface area contributed by atoms with Gasteiger partial charge in [0.1, 0.15) is 0 Å². The minimum atomic E-state index is -0.850. The SMILES string of the molecule is O=C(O)CCCCC(=O)Nc1cccc(C2OC(CN3CCN(Cc4ccccc4)CC3)CC(c3ccc(CO)cc3)O2)c1. The van der Waals surface area contributed by atoms with Crippen LogP contribution in [0.2, 0.25) is 0 Å². The summed E-state index contributed by atoms with van der Waals surface area (Å²) in [6, 6.07) is 26.0. The topological polar surface area (TPSA) is 112 Å². The zero-order valence-electron chi connectivity index (χ0n) is 25.1. The summed E-state index contributed by atoms with van der Waals surface area (Å²) in [5.74, 6) is -0.999. The van der Waals surface area contributed by atoms with E-state index >= 15 is 0 Å². The number of piperazine rings is 1. The number of carboxylic acid groups (broad SMARTS) is 1.